The van der Waals surface area contributed by atoms with Crippen LogP contribution in [0.5, 0.6) is 0 Å². The molecule has 4 heteroatoms. The predicted molar refractivity (Wildman–Crippen MR) is 47.2 cm³/mol. The highest BCUT2D eigenvalue weighted by molar-refractivity contribution is 5.99. The summed E-state index contributed by atoms with van der Waals surface area (Å²) in [6, 6.07) is 3.02. The molecule has 0 aliphatic heterocycles. The van der Waals surface area contributed by atoms with Crippen molar-refractivity contribution < 1.29 is 18.3 Å². The molecular weight excluding hydrogens is 190 g/mol. The lowest BCUT2D eigenvalue weighted by molar-refractivity contribution is 0.0655. The number of carbonyl (C=O) groups is 1. The molecule has 0 fully saturated rings. The van der Waals surface area contributed by atoms with Crippen LogP contribution in [0.1, 0.15) is 17.3 Å². The van der Waals surface area contributed by atoms with Crippen molar-refractivity contribution in [2.75, 3.05) is 7.11 Å². The van der Waals surface area contributed by atoms with Crippen LogP contribution in [0.25, 0.3) is 0 Å². The minimum absolute atomic E-state index is 0.109. The topological polar surface area (TPSA) is 26.3 Å². The lowest BCUT2D eigenvalue weighted by Gasteiger charge is -2.07. The molecular formula is C10H10F2O2. The van der Waals surface area contributed by atoms with Gasteiger partial charge >= 0.3 is 0 Å². The number of halogens is 2. The third-order valence-corrected chi connectivity index (χ3v) is 1.93. The fourth-order valence-electron chi connectivity index (χ4n) is 0.991. The minimum Gasteiger partial charge on any atom is -0.374 e. The van der Waals surface area contributed by atoms with Crippen LogP contribution < -0.4 is 0 Å². The number of benzene rings is 1. The molecule has 0 spiro atoms. The van der Waals surface area contributed by atoms with Gasteiger partial charge in [-0.3, -0.25) is 4.79 Å². The largest absolute Gasteiger partial charge is 0.374 e. The minimum atomic E-state index is -1.03. The zero-order valence-electron chi connectivity index (χ0n) is 7.88. The van der Waals surface area contributed by atoms with Gasteiger partial charge in [-0.2, -0.15) is 0 Å². The summed E-state index contributed by atoms with van der Waals surface area (Å²) in [6.45, 7) is 1.55. The van der Waals surface area contributed by atoms with E-state index in [2.05, 4.69) is 0 Å². The van der Waals surface area contributed by atoms with Gasteiger partial charge in [-0.05, 0) is 25.1 Å². The standard InChI is InChI=1S/C10H10F2O2/c1-6(14-2)10(13)7-3-4-8(11)9(12)5-7/h3-6H,1-2H3/t6-/m0/s1. The van der Waals surface area contributed by atoms with Gasteiger partial charge in [0.2, 0.25) is 0 Å². The molecule has 0 heterocycles. The third kappa shape index (κ3) is 2.14. The Bertz CT molecular complexity index is 350. The van der Waals surface area contributed by atoms with Crippen molar-refractivity contribution in [3.8, 4) is 0 Å². The zero-order valence-corrected chi connectivity index (χ0v) is 7.88. The van der Waals surface area contributed by atoms with Crippen molar-refractivity contribution in [3.05, 3.63) is 35.4 Å². The van der Waals surface area contributed by atoms with Gasteiger partial charge in [0.05, 0.1) is 0 Å². The number of rotatable bonds is 3. The second-order valence-corrected chi connectivity index (χ2v) is 2.87. The molecule has 0 aliphatic carbocycles. The monoisotopic (exact) mass is 200 g/mol. The number of methoxy groups -OCH3 is 1. The van der Waals surface area contributed by atoms with Crippen LogP contribution in [-0.4, -0.2) is 19.0 Å². The molecule has 0 unspecified atom stereocenters. The second kappa shape index (κ2) is 4.28. The van der Waals surface area contributed by atoms with Gasteiger partial charge in [0.15, 0.2) is 17.4 Å². The molecule has 0 N–H and O–H groups in total. The average molecular weight is 200 g/mol. The van der Waals surface area contributed by atoms with Crippen LogP contribution in [0.2, 0.25) is 0 Å². The van der Waals surface area contributed by atoms with Gasteiger partial charge < -0.3 is 4.74 Å². The van der Waals surface area contributed by atoms with E-state index < -0.39 is 17.7 Å². The van der Waals surface area contributed by atoms with Gasteiger partial charge in [-0.1, -0.05) is 0 Å². The fourth-order valence-corrected chi connectivity index (χ4v) is 0.991. The van der Waals surface area contributed by atoms with Crippen LogP contribution in [0.4, 0.5) is 8.78 Å². The van der Waals surface area contributed by atoms with Gasteiger partial charge in [-0.15, -0.1) is 0 Å². The Morgan fingerprint density at radius 1 is 1.36 bits per heavy atom. The SMILES string of the molecule is CO[C@@H](C)C(=O)c1ccc(F)c(F)c1. The first kappa shape index (κ1) is 10.8. The number of Topliss-reactive ketones (excluding diaryl/α,β-unsaturated/α-hetero) is 1. The molecule has 1 aromatic carbocycles. The molecule has 0 aliphatic rings. The van der Waals surface area contributed by atoms with E-state index in [1.165, 1.54) is 13.2 Å². The average Bonchev–Trinajstić information content (AvgIpc) is 2.20. The van der Waals surface area contributed by atoms with E-state index in [0.29, 0.717) is 0 Å². The highest BCUT2D eigenvalue weighted by atomic mass is 19.2. The van der Waals surface area contributed by atoms with E-state index in [-0.39, 0.29) is 11.3 Å². The lowest BCUT2D eigenvalue weighted by atomic mass is 10.1. The summed E-state index contributed by atoms with van der Waals surface area (Å²) >= 11 is 0. The molecule has 1 aromatic rings. The van der Waals surface area contributed by atoms with E-state index in [0.717, 1.165) is 12.1 Å². The third-order valence-electron chi connectivity index (χ3n) is 1.93. The van der Waals surface area contributed by atoms with E-state index in [4.69, 9.17) is 4.74 Å². The Morgan fingerprint density at radius 3 is 2.50 bits per heavy atom. The summed E-state index contributed by atoms with van der Waals surface area (Å²) in [5, 5.41) is 0. The zero-order chi connectivity index (χ0) is 10.7. The maximum atomic E-state index is 12.7. The number of hydrogen-bond donors (Lipinski definition) is 0. The molecule has 1 atom stereocenters. The van der Waals surface area contributed by atoms with Crippen molar-refractivity contribution in [2.24, 2.45) is 0 Å². The first-order valence-corrected chi connectivity index (χ1v) is 4.08. The van der Waals surface area contributed by atoms with Crippen molar-refractivity contribution in [2.45, 2.75) is 13.0 Å². The number of ether oxygens (including phenoxy) is 1. The lowest BCUT2D eigenvalue weighted by Crippen LogP contribution is -2.19. The molecule has 2 nitrogen and oxygen atoms in total. The molecule has 0 aromatic heterocycles. The van der Waals surface area contributed by atoms with Crippen LogP contribution >= 0.6 is 0 Å². The van der Waals surface area contributed by atoms with E-state index >= 15 is 0 Å². The summed E-state index contributed by atoms with van der Waals surface area (Å²) in [5.41, 5.74) is 0.109. The van der Waals surface area contributed by atoms with Gasteiger partial charge in [-0.25, -0.2) is 8.78 Å². The summed E-state index contributed by atoms with van der Waals surface area (Å²) in [4.78, 5) is 11.4. The summed E-state index contributed by atoms with van der Waals surface area (Å²) in [6.07, 6.45) is -0.653. The van der Waals surface area contributed by atoms with Crippen molar-refractivity contribution in [1.82, 2.24) is 0 Å². The summed E-state index contributed by atoms with van der Waals surface area (Å²) < 4.78 is 30.0. The van der Waals surface area contributed by atoms with Crippen molar-refractivity contribution in [1.29, 1.82) is 0 Å². The maximum absolute atomic E-state index is 12.7. The second-order valence-electron chi connectivity index (χ2n) is 2.87. The molecule has 0 saturated carbocycles. The van der Waals surface area contributed by atoms with Crippen LogP contribution in [0.3, 0.4) is 0 Å². The van der Waals surface area contributed by atoms with Gasteiger partial charge in [0, 0.05) is 12.7 Å². The number of hydrogen-bond acceptors (Lipinski definition) is 2. The molecule has 0 amide bonds. The van der Waals surface area contributed by atoms with E-state index in [9.17, 15) is 13.6 Å². The summed E-state index contributed by atoms with van der Waals surface area (Å²) in [5.74, 6) is -2.36. The van der Waals surface area contributed by atoms with Gasteiger partial charge in [0.25, 0.3) is 0 Å². The van der Waals surface area contributed by atoms with E-state index in [1.807, 2.05) is 0 Å². The quantitative estimate of drug-likeness (QED) is 0.699. The van der Waals surface area contributed by atoms with Crippen molar-refractivity contribution >= 4 is 5.78 Å². The van der Waals surface area contributed by atoms with Gasteiger partial charge in [0.1, 0.15) is 6.10 Å². The Morgan fingerprint density at radius 2 is 2.00 bits per heavy atom. The summed E-state index contributed by atoms with van der Waals surface area (Å²) in [7, 11) is 1.38. The van der Waals surface area contributed by atoms with E-state index in [1.54, 1.807) is 6.92 Å². The molecule has 1 rings (SSSR count). The smallest absolute Gasteiger partial charge is 0.191 e. The first-order chi connectivity index (χ1) is 6.56. The molecule has 76 valence electrons. The predicted octanol–water partition coefficient (Wildman–Crippen LogP) is 2.18. The molecule has 0 bridgehead atoms. The van der Waals surface area contributed by atoms with Crippen LogP contribution in [0.15, 0.2) is 18.2 Å². The number of carbonyl (C=O) groups excluding carboxylic acids is 1. The fraction of sp³-hybridized carbons (Fsp3) is 0.300. The first-order valence-electron chi connectivity index (χ1n) is 4.08. The molecule has 0 saturated heterocycles. The highest BCUT2D eigenvalue weighted by Gasteiger charge is 2.15. The molecule has 0 radical (unpaired) electrons. The Kier molecular flexibility index (Phi) is 3.30. The Balaban J connectivity index is 2.97. The molecule has 14 heavy (non-hydrogen) atoms. The van der Waals surface area contributed by atoms with Crippen molar-refractivity contribution in [3.63, 3.8) is 0 Å². The number of ketones is 1. The Labute approximate surface area is 80.5 Å². The van der Waals surface area contributed by atoms with Crippen LogP contribution in [-0.2, 0) is 4.74 Å². The Hall–Kier alpha value is -1.29. The highest BCUT2D eigenvalue weighted by Crippen LogP contribution is 2.11. The normalized spacial score (nSPS) is 12.6. The maximum Gasteiger partial charge on any atom is 0.191 e. The van der Waals surface area contributed by atoms with Crippen LogP contribution in [0, 0.1) is 11.6 Å².